The standard InChI is InChI=1S/C16H18N2O2S/c1-21-15-5-3-2-4-14(15)20-11-13-8-6-12(7-9-13)10-16(19)18-17/h2-9H,10-11,17H2,1H3,(H,18,19). The summed E-state index contributed by atoms with van der Waals surface area (Å²) in [7, 11) is 0. The number of hydrogen-bond donors (Lipinski definition) is 2. The third-order valence-corrected chi connectivity index (χ3v) is 3.79. The Labute approximate surface area is 128 Å². The Bertz CT molecular complexity index is 599. The molecule has 0 aliphatic rings. The van der Waals surface area contributed by atoms with Crippen molar-refractivity contribution < 1.29 is 9.53 Å². The van der Waals surface area contributed by atoms with Gasteiger partial charge in [-0.25, -0.2) is 5.84 Å². The van der Waals surface area contributed by atoms with Gasteiger partial charge in [-0.3, -0.25) is 10.2 Å². The number of hydrogen-bond acceptors (Lipinski definition) is 4. The molecule has 2 rings (SSSR count). The summed E-state index contributed by atoms with van der Waals surface area (Å²) in [6, 6.07) is 15.7. The average Bonchev–Trinajstić information content (AvgIpc) is 2.54. The minimum Gasteiger partial charge on any atom is -0.488 e. The van der Waals surface area contributed by atoms with E-state index in [0.29, 0.717) is 6.61 Å². The van der Waals surface area contributed by atoms with E-state index >= 15 is 0 Å². The number of benzene rings is 2. The summed E-state index contributed by atoms with van der Waals surface area (Å²) in [6.07, 6.45) is 2.31. The van der Waals surface area contributed by atoms with Crippen LogP contribution in [0.1, 0.15) is 11.1 Å². The quantitative estimate of drug-likeness (QED) is 0.372. The number of carbonyl (C=O) groups is 1. The van der Waals surface area contributed by atoms with Gasteiger partial charge in [0.25, 0.3) is 0 Å². The molecular formula is C16H18N2O2S. The van der Waals surface area contributed by atoms with Gasteiger partial charge in [-0.1, -0.05) is 36.4 Å². The smallest absolute Gasteiger partial charge is 0.238 e. The van der Waals surface area contributed by atoms with E-state index in [1.165, 1.54) is 0 Å². The summed E-state index contributed by atoms with van der Waals surface area (Å²) in [5, 5.41) is 0. The highest BCUT2D eigenvalue weighted by molar-refractivity contribution is 7.98. The summed E-state index contributed by atoms with van der Waals surface area (Å²) in [6.45, 7) is 0.501. The van der Waals surface area contributed by atoms with Gasteiger partial charge in [-0.05, 0) is 29.5 Å². The second kappa shape index (κ2) is 7.71. The number of amides is 1. The van der Waals surface area contributed by atoms with E-state index < -0.39 is 0 Å². The zero-order valence-electron chi connectivity index (χ0n) is 11.8. The van der Waals surface area contributed by atoms with Crippen LogP contribution in [0.3, 0.4) is 0 Å². The van der Waals surface area contributed by atoms with Crippen LogP contribution >= 0.6 is 11.8 Å². The predicted molar refractivity (Wildman–Crippen MR) is 85.0 cm³/mol. The molecule has 2 aromatic carbocycles. The molecule has 21 heavy (non-hydrogen) atoms. The molecule has 2 aromatic rings. The van der Waals surface area contributed by atoms with Gasteiger partial charge < -0.3 is 4.74 Å². The van der Waals surface area contributed by atoms with E-state index in [0.717, 1.165) is 21.8 Å². The Morgan fingerprint density at radius 1 is 1.14 bits per heavy atom. The molecule has 0 unspecified atom stereocenters. The molecule has 3 N–H and O–H groups in total. The van der Waals surface area contributed by atoms with Gasteiger partial charge in [0.1, 0.15) is 12.4 Å². The van der Waals surface area contributed by atoms with E-state index in [-0.39, 0.29) is 12.3 Å². The summed E-state index contributed by atoms with van der Waals surface area (Å²) < 4.78 is 5.84. The third-order valence-electron chi connectivity index (χ3n) is 3.01. The van der Waals surface area contributed by atoms with E-state index in [9.17, 15) is 4.79 Å². The van der Waals surface area contributed by atoms with E-state index in [2.05, 4.69) is 5.43 Å². The molecule has 0 aliphatic heterocycles. The van der Waals surface area contributed by atoms with E-state index in [1.54, 1.807) is 11.8 Å². The van der Waals surface area contributed by atoms with Crippen LogP contribution in [0.2, 0.25) is 0 Å². The fourth-order valence-electron chi connectivity index (χ4n) is 1.89. The number of carbonyl (C=O) groups excluding carboxylic acids is 1. The molecule has 0 heterocycles. The molecule has 0 spiro atoms. The number of nitrogens with one attached hydrogen (secondary N) is 1. The Kier molecular flexibility index (Phi) is 5.66. The summed E-state index contributed by atoms with van der Waals surface area (Å²) in [5.74, 6) is 5.75. The Balaban J connectivity index is 1.96. The molecule has 110 valence electrons. The molecule has 0 saturated carbocycles. The molecule has 0 aliphatic carbocycles. The van der Waals surface area contributed by atoms with Crippen LogP contribution in [0.25, 0.3) is 0 Å². The van der Waals surface area contributed by atoms with Crippen molar-refractivity contribution in [2.24, 2.45) is 5.84 Å². The molecule has 0 saturated heterocycles. The monoisotopic (exact) mass is 302 g/mol. The fraction of sp³-hybridized carbons (Fsp3) is 0.188. The van der Waals surface area contributed by atoms with Crippen LogP contribution in [0.15, 0.2) is 53.4 Å². The maximum atomic E-state index is 11.2. The van der Waals surface area contributed by atoms with Crippen LogP contribution in [0, 0.1) is 0 Å². The van der Waals surface area contributed by atoms with Crippen molar-refractivity contribution >= 4 is 17.7 Å². The van der Waals surface area contributed by atoms with Crippen molar-refractivity contribution in [2.45, 2.75) is 17.9 Å². The van der Waals surface area contributed by atoms with Crippen LogP contribution in [0.4, 0.5) is 0 Å². The maximum absolute atomic E-state index is 11.2. The van der Waals surface area contributed by atoms with Gasteiger partial charge >= 0.3 is 0 Å². The number of thioether (sulfide) groups is 1. The molecule has 0 aromatic heterocycles. The van der Waals surface area contributed by atoms with Crippen LogP contribution in [-0.2, 0) is 17.8 Å². The van der Waals surface area contributed by atoms with Gasteiger partial charge in [0.2, 0.25) is 5.91 Å². The van der Waals surface area contributed by atoms with E-state index in [1.807, 2.05) is 54.8 Å². The SMILES string of the molecule is CSc1ccccc1OCc1ccc(CC(=O)NN)cc1. The topological polar surface area (TPSA) is 64.3 Å². The summed E-state index contributed by atoms with van der Waals surface area (Å²) in [4.78, 5) is 12.3. The normalized spacial score (nSPS) is 10.2. The zero-order chi connectivity index (χ0) is 15.1. The van der Waals surface area contributed by atoms with Gasteiger partial charge in [-0.2, -0.15) is 0 Å². The first-order valence-corrected chi connectivity index (χ1v) is 7.78. The molecule has 0 bridgehead atoms. The Hall–Kier alpha value is -1.98. The minimum absolute atomic E-state index is 0.201. The Morgan fingerprint density at radius 2 is 1.81 bits per heavy atom. The largest absolute Gasteiger partial charge is 0.488 e. The first-order valence-electron chi connectivity index (χ1n) is 6.56. The van der Waals surface area contributed by atoms with Gasteiger partial charge in [0.05, 0.1) is 6.42 Å². The van der Waals surface area contributed by atoms with Crippen molar-refractivity contribution in [3.8, 4) is 5.75 Å². The van der Waals surface area contributed by atoms with Crippen molar-refractivity contribution in [3.05, 3.63) is 59.7 Å². The molecular weight excluding hydrogens is 284 g/mol. The molecule has 1 amide bonds. The number of para-hydroxylation sites is 1. The second-order valence-electron chi connectivity index (χ2n) is 4.50. The van der Waals surface area contributed by atoms with Crippen molar-refractivity contribution in [3.63, 3.8) is 0 Å². The lowest BCUT2D eigenvalue weighted by molar-refractivity contribution is -0.120. The van der Waals surface area contributed by atoms with Crippen LogP contribution < -0.4 is 16.0 Å². The summed E-state index contributed by atoms with van der Waals surface area (Å²) >= 11 is 1.66. The third kappa shape index (κ3) is 4.51. The highest BCUT2D eigenvalue weighted by Gasteiger charge is 2.03. The molecule has 0 radical (unpaired) electrons. The number of ether oxygens (including phenoxy) is 1. The fourth-order valence-corrected chi connectivity index (χ4v) is 2.43. The molecule has 0 atom stereocenters. The van der Waals surface area contributed by atoms with Gasteiger partial charge in [0, 0.05) is 4.90 Å². The predicted octanol–water partition coefficient (Wildman–Crippen LogP) is 2.52. The Morgan fingerprint density at radius 3 is 2.48 bits per heavy atom. The second-order valence-corrected chi connectivity index (χ2v) is 5.35. The minimum atomic E-state index is -0.201. The maximum Gasteiger partial charge on any atom is 0.238 e. The number of nitrogens with two attached hydrogens (primary N) is 1. The highest BCUT2D eigenvalue weighted by atomic mass is 32.2. The molecule has 5 heteroatoms. The van der Waals surface area contributed by atoms with Gasteiger partial charge in [0.15, 0.2) is 0 Å². The van der Waals surface area contributed by atoms with Crippen LogP contribution in [-0.4, -0.2) is 12.2 Å². The summed E-state index contributed by atoms with van der Waals surface area (Å²) in [5.41, 5.74) is 4.10. The number of hydrazine groups is 1. The lowest BCUT2D eigenvalue weighted by atomic mass is 10.1. The lowest BCUT2D eigenvalue weighted by Crippen LogP contribution is -2.31. The van der Waals surface area contributed by atoms with Crippen LogP contribution in [0.5, 0.6) is 5.75 Å². The zero-order valence-corrected chi connectivity index (χ0v) is 12.7. The lowest BCUT2D eigenvalue weighted by Gasteiger charge is -2.10. The molecule has 4 nitrogen and oxygen atoms in total. The van der Waals surface area contributed by atoms with Crippen molar-refractivity contribution in [1.82, 2.24) is 5.43 Å². The first kappa shape index (κ1) is 15.4. The van der Waals surface area contributed by atoms with Crippen molar-refractivity contribution in [2.75, 3.05) is 6.26 Å². The first-order chi connectivity index (χ1) is 10.2. The van der Waals surface area contributed by atoms with Gasteiger partial charge in [-0.15, -0.1) is 11.8 Å². The van der Waals surface area contributed by atoms with Crippen molar-refractivity contribution in [1.29, 1.82) is 0 Å². The molecule has 0 fully saturated rings. The average molecular weight is 302 g/mol. The number of rotatable bonds is 6. The van der Waals surface area contributed by atoms with E-state index in [4.69, 9.17) is 10.6 Å². The highest BCUT2D eigenvalue weighted by Crippen LogP contribution is 2.27.